The maximum Gasteiger partial charge on any atom is 0.264 e. The first-order chi connectivity index (χ1) is 17.0. The fourth-order valence-corrected chi connectivity index (χ4v) is 3.52. The van der Waals surface area contributed by atoms with Crippen molar-refractivity contribution in [2.75, 3.05) is 41.6 Å². The summed E-state index contributed by atoms with van der Waals surface area (Å²) in [6.07, 6.45) is 0.603. The van der Waals surface area contributed by atoms with E-state index in [9.17, 15) is 14.9 Å². The second-order valence-corrected chi connectivity index (χ2v) is 7.31. The highest BCUT2D eigenvalue weighted by Crippen LogP contribution is 2.38. The van der Waals surface area contributed by atoms with E-state index in [1.165, 1.54) is 33.5 Å². The number of rotatable bonds is 9. The highest BCUT2D eigenvalue weighted by molar-refractivity contribution is 6.20. The van der Waals surface area contributed by atoms with E-state index in [4.69, 9.17) is 18.9 Å². The summed E-state index contributed by atoms with van der Waals surface area (Å²) in [5, 5.41) is 15.2. The van der Waals surface area contributed by atoms with Gasteiger partial charge < -0.3 is 29.6 Å². The Morgan fingerprint density at radius 3 is 2.23 bits per heavy atom. The van der Waals surface area contributed by atoms with Crippen molar-refractivity contribution < 1.29 is 28.5 Å². The predicted molar refractivity (Wildman–Crippen MR) is 129 cm³/mol. The molecule has 1 aliphatic rings. The van der Waals surface area contributed by atoms with E-state index in [2.05, 4.69) is 15.6 Å². The molecule has 0 aliphatic carbocycles. The van der Waals surface area contributed by atoms with Crippen molar-refractivity contribution in [3.63, 3.8) is 0 Å². The summed E-state index contributed by atoms with van der Waals surface area (Å²) in [5.74, 6) is 0.187. The van der Waals surface area contributed by atoms with Gasteiger partial charge in [-0.1, -0.05) is 24.3 Å². The molecule has 0 fully saturated rings. The molecular formula is C25H26N4O6. The fraction of sp³-hybridized carbons (Fsp3) is 0.280. The van der Waals surface area contributed by atoms with E-state index in [1.54, 1.807) is 31.4 Å². The molecule has 0 aromatic heterocycles. The summed E-state index contributed by atoms with van der Waals surface area (Å²) in [6.45, 7) is 0.831. The molecule has 0 bridgehead atoms. The van der Waals surface area contributed by atoms with Crippen LogP contribution >= 0.6 is 0 Å². The van der Waals surface area contributed by atoms with Gasteiger partial charge in [0.15, 0.2) is 11.5 Å². The first-order valence-corrected chi connectivity index (χ1v) is 10.7. The number of amides is 2. The fourth-order valence-electron chi connectivity index (χ4n) is 3.52. The van der Waals surface area contributed by atoms with Gasteiger partial charge in [0.25, 0.3) is 11.8 Å². The average molecular weight is 479 g/mol. The van der Waals surface area contributed by atoms with Crippen molar-refractivity contribution in [3.05, 3.63) is 58.7 Å². The lowest BCUT2D eigenvalue weighted by Gasteiger charge is -2.14. The van der Waals surface area contributed by atoms with Crippen LogP contribution in [0.25, 0.3) is 5.70 Å². The van der Waals surface area contributed by atoms with Crippen LogP contribution in [0.1, 0.15) is 27.9 Å². The van der Waals surface area contributed by atoms with Gasteiger partial charge >= 0.3 is 0 Å². The van der Waals surface area contributed by atoms with E-state index in [-0.39, 0.29) is 22.7 Å². The molecule has 2 N–H and O–H groups in total. The largest absolute Gasteiger partial charge is 0.493 e. The van der Waals surface area contributed by atoms with Crippen LogP contribution < -0.4 is 24.8 Å². The van der Waals surface area contributed by atoms with Gasteiger partial charge in [-0.15, -0.1) is 0 Å². The molecule has 0 saturated carbocycles. The van der Waals surface area contributed by atoms with Gasteiger partial charge in [0, 0.05) is 37.0 Å². The summed E-state index contributed by atoms with van der Waals surface area (Å²) >= 11 is 0. The first-order valence-electron chi connectivity index (χ1n) is 10.7. The van der Waals surface area contributed by atoms with E-state index in [0.29, 0.717) is 47.9 Å². The van der Waals surface area contributed by atoms with Crippen molar-refractivity contribution >= 4 is 23.3 Å². The Hall–Kier alpha value is -4.36. The van der Waals surface area contributed by atoms with Gasteiger partial charge in [0.2, 0.25) is 5.75 Å². The van der Waals surface area contributed by atoms with Crippen molar-refractivity contribution in [3.8, 4) is 23.3 Å². The number of hydrogen-bond donors (Lipinski definition) is 2. The van der Waals surface area contributed by atoms with E-state index < -0.39 is 11.8 Å². The number of nitrogens with one attached hydrogen (secondary N) is 2. The maximum atomic E-state index is 13.1. The Morgan fingerprint density at radius 2 is 1.66 bits per heavy atom. The van der Waals surface area contributed by atoms with Crippen LogP contribution in [0.5, 0.6) is 17.2 Å². The lowest BCUT2D eigenvalue weighted by Crippen LogP contribution is -2.30. The topological polar surface area (TPSA) is 131 Å². The first kappa shape index (κ1) is 25.3. The minimum atomic E-state index is -0.547. The van der Waals surface area contributed by atoms with Gasteiger partial charge in [-0.3, -0.25) is 9.59 Å². The molecule has 2 amide bonds. The zero-order valence-corrected chi connectivity index (χ0v) is 19.9. The normalized spacial score (nSPS) is 13.2. The van der Waals surface area contributed by atoms with Crippen molar-refractivity contribution in [1.29, 1.82) is 5.26 Å². The zero-order valence-electron chi connectivity index (χ0n) is 19.9. The molecular weight excluding hydrogens is 452 g/mol. The predicted octanol–water partition coefficient (Wildman–Crippen LogP) is 2.29. The van der Waals surface area contributed by atoms with Gasteiger partial charge in [0.1, 0.15) is 17.5 Å². The molecule has 35 heavy (non-hydrogen) atoms. The lowest BCUT2D eigenvalue weighted by atomic mass is 10.0. The van der Waals surface area contributed by atoms with E-state index >= 15 is 0 Å². The van der Waals surface area contributed by atoms with Crippen LogP contribution in [0.2, 0.25) is 0 Å². The number of methoxy groups -OCH3 is 4. The third-order valence-corrected chi connectivity index (χ3v) is 5.21. The Labute approximate surface area is 203 Å². The van der Waals surface area contributed by atoms with E-state index in [1.807, 2.05) is 6.07 Å². The Balaban J connectivity index is 1.95. The molecule has 0 spiro atoms. The molecule has 2 aromatic rings. The van der Waals surface area contributed by atoms with Crippen molar-refractivity contribution in [2.24, 2.45) is 4.99 Å². The number of amidine groups is 1. The number of benzene rings is 2. The molecule has 0 unspecified atom stereocenters. The molecule has 0 atom stereocenters. The number of carbonyl (C=O) groups excluding carboxylic acids is 2. The molecule has 10 heteroatoms. The smallest absolute Gasteiger partial charge is 0.264 e. The number of nitrogens with zero attached hydrogens (tertiary/aromatic N) is 2. The minimum Gasteiger partial charge on any atom is -0.493 e. The number of carbonyl (C=O) groups is 2. The van der Waals surface area contributed by atoms with Crippen LogP contribution in [0.3, 0.4) is 0 Å². The van der Waals surface area contributed by atoms with Crippen LogP contribution in [-0.2, 0) is 9.53 Å². The average Bonchev–Trinajstić information content (AvgIpc) is 3.23. The number of hydrogen-bond acceptors (Lipinski definition) is 8. The van der Waals surface area contributed by atoms with Crippen molar-refractivity contribution in [2.45, 2.75) is 6.42 Å². The Kier molecular flexibility index (Phi) is 8.43. The van der Waals surface area contributed by atoms with Gasteiger partial charge in [-0.25, -0.2) is 4.99 Å². The molecule has 3 rings (SSSR count). The molecule has 182 valence electrons. The molecule has 2 aromatic carbocycles. The van der Waals surface area contributed by atoms with E-state index in [0.717, 1.165) is 0 Å². The third kappa shape index (κ3) is 5.42. The standard InChI is InChI=1S/C25H26N4O6/c1-32-11-7-10-27-25(31)18(14-26)21-16-8-5-6-9-17(16)23(28-21)29-24(30)15-12-19(33-2)22(35-4)20(13-15)34-3/h5-6,8-9,12-13H,7,10-11H2,1-4H3,(H,27,31)(H,28,29,30)/b21-18-. The van der Waals surface area contributed by atoms with Gasteiger partial charge in [0.05, 0.1) is 27.0 Å². The minimum absolute atomic E-state index is 0.146. The van der Waals surface area contributed by atoms with Crippen LogP contribution in [0.4, 0.5) is 0 Å². The van der Waals surface area contributed by atoms with Crippen molar-refractivity contribution in [1.82, 2.24) is 10.6 Å². The monoisotopic (exact) mass is 478 g/mol. The maximum absolute atomic E-state index is 13.1. The van der Waals surface area contributed by atoms with Crippen LogP contribution in [0.15, 0.2) is 47.0 Å². The number of ether oxygens (including phenoxy) is 4. The quantitative estimate of drug-likeness (QED) is 0.321. The second kappa shape index (κ2) is 11.7. The molecule has 1 heterocycles. The number of nitriles is 1. The van der Waals surface area contributed by atoms with Crippen LogP contribution in [-0.4, -0.2) is 59.2 Å². The highest BCUT2D eigenvalue weighted by atomic mass is 16.5. The van der Waals surface area contributed by atoms with Gasteiger partial charge in [-0.2, -0.15) is 5.26 Å². The third-order valence-electron chi connectivity index (χ3n) is 5.21. The molecule has 1 aliphatic heterocycles. The summed E-state index contributed by atoms with van der Waals surface area (Å²) in [5.41, 5.74) is 1.44. The molecule has 10 nitrogen and oxygen atoms in total. The van der Waals surface area contributed by atoms with Crippen LogP contribution in [0, 0.1) is 11.3 Å². The molecule has 0 saturated heterocycles. The number of aliphatic imine (C=N–C) groups is 1. The summed E-state index contributed by atoms with van der Waals surface area (Å²) in [4.78, 5) is 30.2. The number of fused-ring (bicyclic) bond motifs is 1. The van der Waals surface area contributed by atoms with Gasteiger partial charge in [-0.05, 0) is 18.6 Å². The summed E-state index contributed by atoms with van der Waals surface area (Å²) in [6, 6.07) is 12.0. The Morgan fingerprint density at radius 1 is 1.00 bits per heavy atom. The summed E-state index contributed by atoms with van der Waals surface area (Å²) in [7, 11) is 5.95. The SMILES string of the molecule is COCCCNC(=O)/C(C#N)=C1\N=C(NC(=O)c2cc(OC)c(OC)c(OC)c2)c2ccccc21. The highest BCUT2D eigenvalue weighted by Gasteiger charge is 2.27. The molecule has 0 radical (unpaired) electrons. The summed E-state index contributed by atoms with van der Waals surface area (Å²) < 4.78 is 20.9. The second-order valence-electron chi connectivity index (χ2n) is 7.31. The lowest BCUT2D eigenvalue weighted by molar-refractivity contribution is -0.117. The Bertz CT molecular complexity index is 1200. The zero-order chi connectivity index (χ0) is 25.4.